The quantitative estimate of drug-likeness (QED) is 0.585. The largest absolute Gasteiger partial charge is 0.305 e. The van der Waals surface area contributed by atoms with E-state index in [0.29, 0.717) is 0 Å². The summed E-state index contributed by atoms with van der Waals surface area (Å²) in [7, 11) is 0. The third-order valence-corrected chi connectivity index (χ3v) is 4.37. The monoisotopic (exact) mass is 362 g/mol. The van der Waals surface area contributed by atoms with E-state index in [1.54, 1.807) is 0 Å². The van der Waals surface area contributed by atoms with Crippen molar-refractivity contribution >= 4 is 21.6 Å². The van der Waals surface area contributed by atoms with Gasteiger partial charge < -0.3 is 4.40 Å². The van der Waals surface area contributed by atoms with Crippen LogP contribution in [0, 0.1) is 0 Å². The Balaban J connectivity index is 1.88. The number of hydrogen-bond acceptors (Lipinski definition) is 1. The number of pyridine rings is 1. The first-order valence-corrected chi connectivity index (χ1v) is 8.36. The Kier molecular flexibility index (Phi) is 3.72. The van der Waals surface area contributed by atoms with Crippen LogP contribution in [0.25, 0.3) is 16.8 Å². The number of nitrogens with zero attached hydrogens (tertiary/aromatic N) is 2. The second-order valence-electron chi connectivity index (χ2n) is 5.52. The van der Waals surface area contributed by atoms with E-state index in [1.807, 2.05) is 18.2 Å². The van der Waals surface area contributed by atoms with Gasteiger partial charge >= 0.3 is 0 Å². The molecule has 0 fully saturated rings. The van der Waals surface area contributed by atoms with Gasteiger partial charge in [0.2, 0.25) is 0 Å². The number of imidazole rings is 1. The fourth-order valence-electron chi connectivity index (χ4n) is 2.83. The Morgan fingerprint density at radius 3 is 2.39 bits per heavy atom. The molecule has 112 valence electrons. The van der Waals surface area contributed by atoms with Gasteiger partial charge in [-0.05, 0) is 27.6 Å². The van der Waals surface area contributed by atoms with Crippen molar-refractivity contribution in [3.8, 4) is 11.1 Å². The SMILES string of the molecule is Brc1cc(-c2ccccc2)c2nc(C3C=CC=CC=C3)cn2c1. The molecule has 0 N–H and O–H groups in total. The van der Waals surface area contributed by atoms with Gasteiger partial charge in [0, 0.05) is 28.3 Å². The second-order valence-corrected chi connectivity index (χ2v) is 6.43. The van der Waals surface area contributed by atoms with E-state index in [9.17, 15) is 0 Å². The van der Waals surface area contributed by atoms with E-state index < -0.39 is 0 Å². The van der Waals surface area contributed by atoms with Crippen LogP contribution in [0.4, 0.5) is 0 Å². The van der Waals surface area contributed by atoms with E-state index in [4.69, 9.17) is 4.98 Å². The molecule has 2 aromatic heterocycles. The van der Waals surface area contributed by atoms with Gasteiger partial charge in [-0.15, -0.1) is 0 Å². The molecule has 1 aromatic carbocycles. The van der Waals surface area contributed by atoms with E-state index >= 15 is 0 Å². The summed E-state index contributed by atoms with van der Waals surface area (Å²) < 4.78 is 3.14. The number of halogens is 1. The highest BCUT2D eigenvalue weighted by atomic mass is 79.9. The first kappa shape index (κ1) is 14.2. The van der Waals surface area contributed by atoms with Gasteiger partial charge in [0.1, 0.15) is 5.65 Å². The molecular formula is C20H15BrN2. The maximum Gasteiger partial charge on any atom is 0.145 e. The van der Waals surface area contributed by atoms with Crippen LogP contribution in [0.3, 0.4) is 0 Å². The summed E-state index contributed by atoms with van der Waals surface area (Å²) in [5.41, 5.74) is 4.33. The third kappa shape index (κ3) is 2.80. The van der Waals surface area contributed by atoms with Crippen LogP contribution < -0.4 is 0 Å². The Bertz CT molecular complexity index is 917. The zero-order valence-corrected chi connectivity index (χ0v) is 14.0. The standard InChI is InChI=1S/C20H15BrN2/c21-17-12-18(15-8-6-3-7-9-15)20-22-19(14-23(20)13-17)16-10-4-1-2-5-11-16/h1-14,16H. The average Bonchev–Trinajstić information content (AvgIpc) is 2.81. The third-order valence-electron chi connectivity index (χ3n) is 3.93. The molecule has 2 heterocycles. The number of rotatable bonds is 2. The van der Waals surface area contributed by atoms with Crippen molar-refractivity contribution in [2.75, 3.05) is 0 Å². The smallest absolute Gasteiger partial charge is 0.145 e. The summed E-state index contributed by atoms with van der Waals surface area (Å²) in [5, 5.41) is 0. The molecule has 0 saturated carbocycles. The molecule has 2 nitrogen and oxygen atoms in total. The normalized spacial score (nSPS) is 14.5. The molecule has 0 unspecified atom stereocenters. The molecule has 0 aliphatic heterocycles. The van der Waals surface area contributed by atoms with E-state index in [2.05, 4.69) is 87.4 Å². The van der Waals surface area contributed by atoms with Gasteiger partial charge in [-0.3, -0.25) is 0 Å². The molecular weight excluding hydrogens is 348 g/mol. The van der Waals surface area contributed by atoms with Crippen LogP contribution in [-0.2, 0) is 0 Å². The summed E-state index contributed by atoms with van der Waals surface area (Å²) >= 11 is 3.61. The Morgan fingerprint density at radius 2 is 1.65 bits per heavy atom. The van der Waals surface area contributed by atoms with Gasteiger partial charge in [-0.1, -0.05) is 66.8 Å². The first-order valence-electron chi connectivity index (χ1n) is 7.56. The molecule has 0 bridgehead atoms. The van der Waals surface area contributed by atoms with Crippen molar-refractivity contribution in [2.24, 2.45) is 0 Å². The molecule has 1 aliphatic rings. The average molecular weight is 363 g/mol. The van der Waals surface area contributed by atoms with Crippen LogP contribution in [0.1, 0.15) is 11.6 Å². The first-order chi connectivity index (χ1) is 11.3. The van der Waals surface area contributed by atoms with Gasteiger partial charge in [0.25, 0.3) is 0 Å². The van der Waals surface area contributed by atoms with Crippen molar-refractivity contribution < 1.29 is 0 Å². The van der Waals surface area contributed by atoms with Crippen LogP contribution in [0.5, 0.6) is 0 Å². The summed E-state index contributed by atoms with van der Waals surface area (Å²) in [5.74, 6) is 0.201. The number of hydrogen-bond donors (Lipinski definition) is 0. The number of benzene rings is 1. The molecule has 4 rings (SSSR count). The van der Waals surface area contributed by atoms with Crippen LogP contribution in [-0.4, -0.2) is 9.38 Å². The molecule has 0 radical (unpaired) electrons. The topological polar surface area (TPSA) is 17.3 Å². The fraction of sp³-hybridized carbons (Fsp3) is 0.0500. The lowest BCUT2D eigenvalue weighted by Gasteiger charge is -2.05. The molecule has 3 heteroatoms. The van der Waals surface area contributed by atoms with Crippen molar-refractivity contribution in [3.63, 3.8) is 0 Å². The molecule has 0 amide bonds. The van der Waals surface area contributed by atoms with Crippen LogP contribution in [0.15, 0.2) is 89.7 Å². The maximum atomic E-state index is 4.91. The molecule has 3 aromatic rings. The summed E-state index contributed by atoms with van der Waals surface area (Å²) in [6.07, 6.45) is 16.7. The van der Waals surface area contributed by atoms with E-state index in [-0.39, 0.29) is 5.92 Å². The fourth-order valence-corrected chi connectivity index (χ4v) is 3.28. The molecule has 0 saturated heterocycles. The highest BCUT2D eigenvalue weighted by Gasteiger charge is 2.14. The summed E-state index contributed by atoms with van der Waals surface area (Å²) in [6.45, 7) is 0. The zero-order valence-electron chi connectivity index (χ0n) is 12.4. The second kappa shape index (κ2) is 6.01. The van der Waals surface area contributed by atoms with Crippen LogP contribution >= 0.6 is 15.9 Å². The van der Waals surface area contributed by atoms with E-state index in [1.165, 1.54) is 5.56 Å². The zero-order chi connectivity index (χ0) is 15.6. The predicted octanol–water partition coefficient (Wildman–Crippen LogP) is 5.53. The van der Waals surface area contributed by atoms with Crippen molar-refractivity contribution in [2.45, 2.75) is 5.92 Å². The predicted molar refractivity (Wildman–Crippen MR) is 98.5 cm³/mol. The lowest BCUT2D eigenvalue weighted by Crippen LogP contribution is -1.90. The molecule has 1 aliphatic carbocycles. The van der Waals surface area contributed by atoms with Crippen molar-refractivity contribution in [3.05, 3.63) is 95.4 Å². The lowest BCUT2D eigenvalue weighted by molar-refractivity contribution is 1.02. The summed E-state index contributed by atoms with van der Waals surface area (Å²) in [4.78, 5) is 4.91. The highest BCUT2D eigenvalue weighted by Crippen LogP contribution is 2.29. The minimum Gasteiger partial charge on any atom is -0.305 e. The Morgan fingerprint density at radius 1 is 0.913 bits per heavy atom. The Hall–Kier alpha value is -2.39. The number of aromatic nitrogens is 2. The van der Waals surface area contributed by atoms with Gasteiger partial charge in [-0.25, -0.2) is 4.98 Å². The molecule has 0 atom stereocenters. The van der Waals surface area contributed by atoms with Crippen molar-refractivity contribution in [1.29, 1.82) is 0 Å². The van der Waals surface area contributed by atoms with Gasteiger partial charge in [-0.2, -0.15) is 0 Å². The lowest BCUT2D eigenvalue weighted by atomic mass is 10.1. The van der Waals surface area contributed by atoms with Crippen LogP contribution in [0.2, 0.25) is 0 Å². The maximum absolute atomic E-state index is 4.91. The molecule has 0 spiro atoms. The summed E-state index contributed by atoms with van der Waals surface area (Å²) in [6, 6.07) is 12.5. The minimum atomic E-state index is 0.201. The van der Waals surface area contributed by atoms with Crippen molar-refractivity contribution in [1.82, 2.24) is 9.38 Å². The number of allylic oxidation sites excluding steroid dienone is 6. The Labute approximate surface area is 143 Å². The molecule has 23 heavy (non-hydrogen) atoms. The van der Waals surface area contributed by atoms with Gasteiger partial charge in [0.15, 0.2) is 0 Å². The number of fused-ring (bicyclic) bond motifs is 1. The van der Waals surface area contributed by atoms with E-state index in [0.717, 1.165) is 21.4 Å². The highest BCUT2D eigenvalue weighted by molar-refractivity contribution is 9.10. The minimum absolute atomic E-state index is 0.201. The van der Waals surface area contributed by atoms with Gasteiger partial charge in [0.05, 0.1) is 5.69 Å².